The lowest BCUT2D eigenvalue weighted by molar-refractivity contribution is -0.305. The highest BCUT2D eigenvalue weighted by molar-refractivity contribution is 5.70. The lowest BCUT2D eigenvalue weighted by Crippen LogP contribution is -2.59. The third-order valence-corrected chi connectivity index (χ3v) is 12.2. The van der Waals surface area contributed by atoms with Crippen LogP contribution < -0.4 is 0 Å². The van der Waals surface area contributed by atoms with Crippen molar-refractivity contribution in [2.45, 2.75) is 289 Å². The van der Waals surface area contributed by atoms with Crippen LogP contribution in [0.2, 0.25) is 0 Å². The van der Waals surface area contributed by atoms with Gasteiger partial charge in [0.15, 0.2) is 12.4 Å². The standard InChI is InChI=1S/C51H96O11/c1-4-7-10-13-16-19-22-25-28-31-34-37-45(52)58-40-43(61-47(54)39-36-33-30-27-24-21-18-15-12-9-6-3)41-60-51-50(57)49(56)48(55)44(62-51)42-59-46(53)38-35-32-29-26-23-20-17-14-11-8-5-2/h43-44,48-51,55-57H,4-42H2,1-3H3/t43?,44?,48-,49?,50-,51+/m0/s1. The third kappa shape index (κ3) is 32.8. The van der Waals surface area contributed by atoms with E-state index in [1.54, 1.807) is 0 Å². The van der Waals surface area contributed by atoms with Crippen molar-refractivity contribution in [3.63, 3.8) is 0 Å². The Bertz CT molecular complexity index is 1040. The Labute approximate surface area is 378 Å². The van der Waals surface area contributed by atoms with Gasteiger partial charge in [0, 0.05) is 19.3 Å². The summed E-state index contributed by atoms with van der Waals surface area (Å²) in [6.07, 6.45) is 31.0. The maximum absolute atomic E-state index is 12.9. The fourth-order valence-electron chi connectivity index (χ4n) is 8.06. The number of carbonyl (C=O) groups excluding carboxylic acids is 3. The van der Waals surface area contributed by atoms with Gasteiger partial charge in [0.05, 0.1) is 6.61 Å². The van der Waals surface area contributed by atoms with Crippen molar-refractivity contribution >= 4 is 17.9 Å². The number of hydrogen-bond donors (Lipinski definition) is 3. The quantitative estimate of drug-likeness (QED) is 0.0304. The Kier molecular flexibility index (Phi) is 39.3. The molecule has 1 aliphatic heterocycles. The van der Waals surface area contributed by atoms with Gasteiger partial charge in [-0.25, -0.2) is 0 Å². The molecule has 1 heterocycles. The van der Waals surface area contributed by atoms with Crippen LogP contribution in [0.1, 0.15) is 252 Å². The Morgan fingerprint density at radius 2 is 0.758 bits per heavy atom. The molecule has 0 radical (unpaired) electrons. The van der Waals surface area contributed by atoms with Crippen LogP contribution in [0.25, 0.3) is 0 Å². The molecular formula is C51H96O11. The summed E-state index contributed by atoms with van der Waals surface area (Å²) in [6.45, 7) is 5.85. The first-order valence-corrected chi connectivity index (χ1v) is 26.0. The fourth-order valence-corrected chi connectivity index (χ4v) is 8.06. The molecule has 0 aromatic carbocycles. The molecule has 1 fully saturated rings. The van der Waals surface area contributed by atoms with E-state index in [9.17, 15) is 29.7 Å². The van der Waals surface area contributed by atoms with Crippen molar-refractivity contribution < 1.29 is 53.4 Å². The minimum Gasteiger partial charge on any atom is -0.463 e. The maximum Gasteiger partial charge on any atom is 0.306 e. The van der Waals surface area contributed by atoms with E-state index in [-0.39, 0.29) is 45.1 Å². The van der Waals surface area contributed by atoms with E-state index in [2.05, 4.69) is 20.8 Å². The van der Waals surface area contributed by atoms with Crippen LogP contribution in [-0.4, -0.2) is 89.9 Å². The second-order valence-corrected chi connectivity index (χ2v) is 18.2. The van der Waals surface area contributed by atoms with Crippen LogP contribution in [-0.2, 0) is 38.1 Å². The minimum absolute atomic E-state index is 0.223. The van der Waals surface area contributed by atoms with Gasteiger partial charge < -0.3 is 39.0 Å². The average Bonchev–Trinajstić information content (AvgIpc) is 3.26. The molecule has 11 nitrogen and oxygen atoms in total. The number of aliphatic hydroxyl groups excluding tert-OH is 3. The van der Waals surface area contributed by atoms with Crippen LogP contribution in [0.4, 0.5) is 0 Å². The van der Waals surface area contributed by atoms with Gasteiger partial charge in [-0.1, -0.05) is 213 Å². The summed E-state index contributed by atoms with van der Waals surface area (Å²) in [5.41, 5.74) is 0. The van der Waals surface area contributed by atoms with Gasteiger partial charge >= 0.3 is 17.9 Å². The summed E-state index contributed by atoms with van der Waals surface area (Å²) >= 11 is 0. The van der Waals surface area contributed by atoms with Gasteiger partial charge in [-0.3, -0.25) is 14.4 Å². The number of hydrogen-bond acceptors (Lipinski definition) is 11. The predicted molar refractivity (Wildman–Crippen MR) is 248 cm³/mol. The molecule has 1 aliphatic rings. The van der Waals surface area contributed by atoms with E-state index in [4.69, 9.17) is 23.7 Å². The molecule has 11 heteroatoms. The number of aliphatic hydroxyl groups is 3. The van der Waals surface area contributed by atoms with E-state index in [0.29, 0.717) is 12.8 Å². The monoisotopic (exact) mass is 885 g/mol. The molecule has 1 saturated heterocycles. The molecule has 0 aromatic rings. The Morgan fingerprint density at radius 1 is 0.419 bits per heavy atom. The highest BCUT2D eigenvalue weighted by Crippen LogP contribution is 2.24. The zero-order valence-corrected chi connectivity index (χ0v) is 40.1. The number of esters is 3. The SMILES string of the molecule is CCCCCCCCCCCCCC(=O)OCC(CO[C@@H]1OC(COC(=O)CCCCCCCCCCCCC)[C@H](O)C(O)[C@@H]1O)OC(=O)CCCCCCCCCCCCC. The molecule has 3 N–H and O–H groups in total. The molecule has 1 rings (SSSR count). The van der Waals surface area contributed by atoms with Crippen LogP contribution in [0, 0.1) is 0 Å². The second kappa shape index (κ2) is 41.9. The highest BCUT2D eigenvalue weighted by atomic mass is 16.7. The first-order chi connectivity index (χ1) is 30.2. The molecule has 3 unspecified atom stereocenters. The van der Waals surface area contributed by atoms with Crippen LogP contribution in [0.3, 0.4) is 0 Å². The van der Waals surface area contributed by atoms with Crippen molar-refractivity contribution in [3.8, 4) is 0 Å². The molecule has 0 spiro atoms. The Balaban J connectivity index is 2.55. The zero-order valence-electron chi connectivity index (χ0n) is 40.1. The lowest BCUT2D eigenvalue weighted by Gasteiger charge is -2.40. The smallest absolute Gasteiger partial charge is 0.306 e. The molecule has 0 aromatic heterocycles. The number of carbonyl (C=O) groups is 3. The van der Waals surface area contributed by atoms with Gasteiger partial charge in [0.1, 0.15) is 37.6 Å². The summed E-state index contributed by atoms with van der Waals surface area (Å²) < 4.78 is 28.2. The minimum atomic E-state index is -1.63. The Hall–Kier alpha value is -1.79. The largest absolute Gasteiger partial charge is 0.463 e. The van der Waals surface area contributed by atoms with Gasteiger partial charge in [-0.2, -0.15) is 0 Å². The summed E-state index contributed by atoms with van der Waals surface area (Å²) in [5.74, 6) is -1.23. The van der Waals surface area contributed by atoms with Crippen molar-refractivity contribution in [2.24, 2.45) is 0 Å². The first-order valence-electron chi connectivity index (χ1n) is 26.0. The normalized spacial score (nSPS) is 19.4. The van der Waals surface area contributed by atoms with Crippen molar-refractivity contribution in [1.82, 2.24) is 0 Å². The van der Waals surface area contributed by atoms with Crippen molar-refractivity contribution in [1.29, 1.82) is 0 Å². The van der Waals surface area contributed by atoms with Crippen molar-refractivity contribution in [2.75, 3.05) is 19.8 Å². The molecule has 0 aliphatic carbocycles. The molecule has 62 heavy (non-hydrogen) atoms. The fraction of sp³-hybridized carbons (Fsp3) is 0.941. The molecule has 0 saturated carbocycles. The Morgan fingerprint density at radius 3 is 1.15 bits per heavy atom. The third-order valence-electron chi connectivity index (χ3n) is 12.2. The summed E-state index contributed by atoms with van der Waals surface area (Å²) in [6, 6.07) is 0. The van der Waals surface area contributed by atoms with E-state index in [1.807, 2.05) is 0 Å². The molecular weight excluding hydrogens is 789 g/mol. The second-order valence-electron chi connectivity index (χ2n) is 18.2. The molecule has 0 bridgehead atoms. The molecule has 366 valence electrons. The summed E-state index contributed by atoms with van der Waals surface area (Å²) in [5, 5.41) is 32.0. The zero-order chi connectivity index (χ0) is 45.3. The van der Waals surface area contributed by atoms with Gasteiger partial charge in [0.25, 0.3) is 0 Å². The van der Waals surface area contributed by atoms with Crippen LogP contribution >= 0.6 is 0 Å². The maximum atomic E-state index is 12.9. The van der Waals surface area contributed by atoms with Crippen LogP contribution in [0.5, 0.6) is 0 Å². The topological polar surface area (TPSA) is 158 Å². The number of ether oxygens (including phenoxy) is 5. The lowest BCUT2D eigenvalue weighted by atomic mass is 9.99. The van der Waals surface area contributed by atoms with E-state index >= 15 is 0 Å². The summed E-state index contributed by atoms with van der Waals surface area (Å²) in [4.78, 5) is 38.1. The van der Waals surface area contributed by atoms with E-state index in [0.717, 1.165) is 57.8 Å². The van der Waals surface area contributed by atoms with Gasteiger partial charge in [-0.15, -0.1) is 0 Å². The number of unbranched alkanes of at least 4 members (excludes halogenated alkanes) is 30. The first kappa shape index (κ1) is 58.2. The van der Waals surface area contributed by atoms with E-state index < -0.39 is 48.7 Å². The van der Waals surface area contributed by atoms with E-state index in [1.165, 1.54) is 141 Å². The summed E-state index contributed by atoms with van der Waals surface area (Å²) in [7, 11) is 0. The molecule has 0 amide bonds. The van der Waals surface area contributed by atoms with Gasteiger partial charge in [0.2, 0.25) is 0 Å². The molecule has 6 atom stereocenters. The number of rotatable bonds is 44. The van der Waals surface area contributed by atoms with Gasteiger partial charge in [-0.05, 0) is 19.3 Å². The van der Waals surface area contributed by atoms with Crippen LogP contribution in [0.15, 0.2) is 0 Å². The predicted octanol–water partition coefficient (Wildman–Crippen LogP) is 11.9. The highest BCUT2D eigenvalue weighted by Gasteiger charge is 2.45. The average molecular weight is 885 g/mol. The van der Waals surface area contributed by atoms with Crippen molar-refractivity contribution in [3.05, 3.63) is 0 Å².